The van der Waals surface area contributed by atoms with Crippen molar-refractivity contribution in [3.63, 3.8) is 0 Å². The van der Waals surface area contributed by atoms with E-state index in [4.69, 9.17) is 9.31 Å². The second-order valence-electron chi connectivity index (χ2n) is 9.93. The molecule has 1 aromatic rings. The summed E-state index contributed by atoms with van der Waals surface area (Å²) in [6, 6.07) is 8.57. The van der Waals surface area contributed by atoms with E-state index >= 15 is 0 Å². The van der Waals surface area contributed by atoms with Gasteiger partial charge >= 0.3 is 7.12 Å². The summed E-state index contributed by atoms with van der Waals surface area (Å²) in [4.78, 5) is 2.51. The van der Waals surface area contributed by atoms with Gasteiger partial charge in [0.1, 0.15) is 0 Å². The maximum atomic E-state index is 6.17. The lowest BCUT2D eigenvalue weighted by Gasteiger charge is -2.29. The van der Waals surface area contributed by atoms with Crippen molar-refractivity contribution in [1.29, 1.82) is 0 Å². The molecule has 0 atom stereocenters. The molecular weight excluding hydrogens is 369 g/mol. The van der Waals surface area contributed by atoms with Crippen molar-refractivity contribution in [3.8, 4) is 0 Å². The van der Waals surface area contributed by atoms with Crippen LogP contribution in [0.3, 0.4) is 0 Å². The monoisotopic (exact) mass is 415 g/mol. The van der Waals surface area contributed by atoms with E-state index in [-0.39, 0.29) is 12.5 Å². The number of unbranched alkanes of at least 4 members (excludes halogenated alkanes) is 9. The minimum absolute atomic E-state index is 0.0905. The molecule has 1 aliphatic heterocycles. The smallest absolute Gasteiger partial charge is 0.406 e. The van der Waals surface area contributed by atoms with E-state index < -0.39 is 0 Å². The first-order valence-corrected chi connectivity index (χ1v) is 12.6. The molecule has 1 saturated heterocycles. The Morgan fingerprint density at radius 2 is 1.33 bits per heavy atom. The van der Waals surface area contributed by atoms with E-state index in [2.05, 4.69) is 56.9 Å². The Hall–Kier alpha value is -0.835. The van der Waals surface area contributed by atoms with Crippen molar-refractivity contribution in [1.82, 2.24) is 4.90 Å². The number of nitrogens with zero attached hydrogens (tertiary/aromatic N) is 1. The van der Waals surface area contributed by atoms with Crippen molar-refractivity contribution in [2.24, 2.45) is 0 Å². The summed E-state index contributed by atoms with van der Waals surface area (Å²) in [5.41, 5.74) is 2.60. The lowest BCUT2D eigenvalue weighted by atomic mass is 9.69. The van der Waals surface area contributed by atoms with E-state index in [1.165, 1.54) is 81.8 Å². The molecule has 1 heterocycles. The Morgan fingerprint density at radius 3 is 1.90 bits per heavy atom. The second-order valence-corrected chi connectivity index (χ2v) is 9.93. The molecule has 1 fully saturated rings. The first-order chi connectivity index (χ1) is 14.5. The van der Waals surface area contributed by atoms with Gasteiger partial charge in [-0.15, -0.1) is 0 Å². The summed E-state index contributed by atoms with van der Waals surface area (Å²) in [5.74, 6) is 0. The van der Waals surface area contributed by atoms with Gasteiger partial charge < -0.3 is 9.31 Å². The normalized spacial score (nSPS) is 16.5. The van der Waals surface area contributed by atoms with Crippen LogP contribution in [0, 0.1) is 0 Å². The average Bonchev–Trinajstić information content (AvgIpc) is 2.70. The molecule has 0 N–H and O–H groups in total. The Kier molecular flexibility index (Phi) is 12.1. The quantitative estimate of drug-likeness (QED) is 0.311. The molecule has 0 radical (unpaired) electrons. The van der Waals surface area contributed by atoms with Crippen LogP contribution in [0.25, 0.3) is 0 Å². The van der Waals surface area contributed by atoms with Crippen molar-refractivity contribution in [2.75, 3.05) is 32.8 Å². The summed E-state index contributed by atoms with van der Waals surface area (Å²) in [6.07, 6.45) is 13.9. The van der Waals surface area contributed by atoms with E-state index in [1.54, 1.807) is 0 Å². The zero-order valence-corrected chi connectivity index (χ0v) is 20.3. The van der Waals surface area contributed by atoms with E-state index in [9.17, 15) is 0 Å². The highest BCUT2D eigenvalue weighted by molar-refractivity contribution is 6.62. The number of benzene rings is 1. The van der Waals surface area contributed by atoms with Gasteiger partial charge in [-0.05, 0) is 29.4 Å². The topological polar surface area (TPSA) is 21.7 Å². The van der Waals surface area contributed by atoms with Crippen LogP contribution in [0.2, 0.25) is 0 Å². The Balaban J connectivity index is 1.62. The fourth-order valence-electron chi connectivity index (χ4n) is 4.35. The van der Waals surface area contributed by atoms with Crippen LogP contribution >= 0.6 is 0 Å². The number of hydrogen-bond acceptors (Lipinski definition) is 3. The van der Waals surface area contributed by atoms with E-state index in [0.717, 1.165) is 26.3 Å². The highest BCUT2D eigenvalue weighted by atomic mass is 16.6. The molecule has 2 rings (SSSR count). The van der Waals surface area contributed by atoms with Crippen LogP contribution in [-0.4, -0.2) is 44.9 Å². The molecule has 30 heavy (non-hydrogen) atoms. The molecule has 0 bridgehead atoms. The highest BCUT2D eigenvalue weighted by Gasteiger charge is 2.29. The summed E-state index contributed by atoms with van der Waals surface area (Å²) >= 11 is 0. The molecule has 4 heteroatoms. The maximum absolute atomic E-state index is 6.17. The fourth-order valence-corrected chi connectivity index (χ4v) is 4.35. The number of rotatable bonds is 12. The Labute approximate surface area is 187 Å². The molecular formula is C26H46BNO2. The van der Waals surface area contributed by atoms with Crippen molar-refractivity contribution < 1.29 is 9.31 Å². The summed E-state index contributed by atoms with van der Waals surface area (Å²) in [5, 5.41) is 0. The first kappa shape index (κ1) is 25.4. The standard InChI is InChI=1S/C26H46BNO2/c1-5-6-7-8-9-10-11-12-13-16-19-28-20-22-29-27(30-23-21-28)25-18-15-14-17-24(25)26(2,3)4/h14-15,17-18H,5-13,16,19-23H2,1-4H3. The van der Waals surface area contributed by atoms with Gasteiger partial charge in [0.05, 0.1) is 0 Å². The third-order valence-corrected chi connectivity index (χ3v) is 6.20. The maximum Gasteiger partial charge on any atom is 0.494 e. The lowest BCUT2D eigenvalue weighted by molar-refractivity contribution is 0.115. The van der Waals surface area contributed by atoms with E-state index in [1.807, 2.05) is 0 Å². The van der Waals surface area contributed by atoms with Gasteiger partial charge in [0.2, 0.25) is 0 Å². The van der Waals surface area contributed by atoms with Crippen LogP contribution in [-0.2, 0) is 14.7 Å². The van der Waals surface area contributed by atoms with Crippen molar-refractivity contribution >= 4 is 12.6 Å². The van der Waals surface area contributed by atoms with Crippen LogP contribution in [0.1, 0.15) is 97.5 Å². The zero-order chi connectivity index (χ0) is 21.7. The highest BCUT2D eigenvalue weighted by Crippen LogP contribution is 2.21. The van der Waals surface area contributed by atoms with E-state index in [0.29, 0.717) is 0 Å². The molecule has 0 spiro atoms. The molecule has 0 aromatic heterocycles. The summed E-state index contributed by atoms with van der Waals surface area (Å²) in [6.45, 7) is 13.7. The Bertz CT molecular complexity index is 562. The Morgan fingerprint density at radius 1 is 0.800 bits per heavy atom. The molecule has 170 valence electrons. The van der Waals surface area contributed by atoms with Crippen molar-refractivity contribution in [3.05, 3.63) is 29.8 Å². The molecule has 0 amide bonds. The average molecular weight is 415 g/mol. The first-order valence-electron chi connectivity index (χ1n) is 12.6. The fraction of sp³-hybridized carbons (Fsp3) is 0.769. The summed E-state index contributed by atoms with van der Waals surface area (Å²) in [7, 11) is -0.236. The SMILES string of the molecule is CCCCCCCCCCCCN1CCOB(c2ccccc2C(C)(C)C)OCC1. The van der Waals surface area contributed by atoms with Gasteiger partial charge in [0, 0.05) is 26.3 Å². The largest absolute Gasteiger partial charge is 0.494 e. The number of hydrogen-bond donors (Lipinski definition) is 0. The molecule has 0 aliphatic carbocycles. The minimum atomic E-state index is -0.236. The van der Waals surface area contributed by atoms with Crippen LogP contribution in [0.5, 0.6) is 0 Å². The molecule has 0 unspecified atom stereocenters. The van der Waals surface area contributed by atoms with Gasteiger partial charge in [-0.3, -0.25) is 4.90 Å². The molecule has 3 nitrogen and oxygen atoms in total. The molecule has 0 saturated carbocycles. The van der Waals surface area contributed by atoms with Crippen molar-refractivity contribution in [2.45, 2.75) is 97.3 Å². The minimum Gasteiger partial charge on any atom is -0.406 e. The van der Waals surface area contributed by atoms with Crippen LogP contribution < -0.4 is 5.46 Å². The van der Waals surface area contributed by atoms with Gasteiger partial charge in [0.15, 0.2) is 0 Å². The molecule has 1 aromatic carbocycles. The van der Waals surface area contributed by atoms with Gasteiger partial charge in [0.25, 0.3) is 0 Å². The van der Waals surface area contributed by atoms with Gasteiger partial charge in [-0.1, -0.05) is 110 Å². The molecule has 1 aliphatic rings. The van der Waals surface area contributed by atoms with Crippen LogP contribution in [0.4, 0.5) is 0 Å². The summed E-state index contributed by atoms with van der Waals surface area (Å²) < 4.78 is 12.3. The third-order valence-electron chi connectivity index (χ3n) is 6.20. The van der Waals surface area contributed by atoms with Crippen LogP contribution in [0.15, 0.2) is 24.3 Å². The van der Waals surface area contributed by atoms with Gasteiger partial charge in [-0.25, -0.2) is 0 Å². The van der Waals surface area contributed by atoms with Gasteiger partial charge in [-0.2, -0.15) is 0 Å². The third kappa shape index (κ3) is 9.53. The lowest BCUT2D eigenvalue weighted by Crippen LogP contribution is -2.47. The predicted molar refractivity (Wildman–Crippen MR) is 131 cm³/mol. The predicted octanol–water partition coefficient (Wildman–Crippen LogP) is 5.95. The zero-order valence-electron chi connectivity index (χ0n) is 20.3. The second kappa shape index (κ2) is 14.3.